The summed E-state index contributed by atoms with van der Waals surface area (Å²) in [6.07, 6.45) is 6.53. The van der Waals surface area contributed by atoms with Gasteiger partial charge in [-0.15, -0.1) is 0 Å². The van der Waals surface area contributed by atoms with Crippen LogP contribution in [0.5, 0.6) is 0 Å². The summed E-state index contributed by atoms with van der Waals surface area (Å²) >= 11 is 3.57. The van der Waals surface area contributed by atoms with Crippen molar-refractivity contribution >= 4 is 27.4 Å². The van der Waals surface area contributed by atoms with Crippen molar-refractivity contribution in [2.24, 2.45) is 0 Å². The zero-order valence-electron chi connectivity index (χ0n) is 19.5. The molecular formula is C25H32BrF2N3O. The SMILES string of the molecule is C=C(/C=C(\C)CN1CC=C(c2c(F)cc(C(=O)N(C)C)cc2F)CC1)/C(Br)=C\CN(C)C. The van der Waals surface area contributed by atoms with Gasteiger partial charge in [-0.05, 0) is 50.7 Å². The Hall–Kier alpha value is -2.09. The molecule has 1 heterocycles. The highest BCUT2D eigenvalue weighted by molar-refractivity contribution is 9.12. The molecule has 0 unspecified atom stereocenters. The predicted molar refractivity (Wildman–Crippen MR) is 132 cm³/mol. The van der Waals surface area contributed by atoms with Crippen LogP contribution < -0.4 is 0 Å². The average molecular weight is 508 g/mol. The number of hydrogen-bond acceptors (Lipinski definition) is 3. The Morgan fingerprint density at radius 3 is 2.34 bits per heavy atom. The van der Waals surface area contributed by atoms with Gasteiger partial charge >= 0.3 is 0 Å². The fraction of sp³-hybridized carbons (Fsp3) is 0.400. The van der Waals surface area contributed by atoms with Crippen molar-refractivity contribution < 1.29 is 13.6 Å². The lowest BCUT2D eigenvalue weighted by molar-refractivity contribution is 0.0826. The van der Waals surface area contributed by atoms with Crippen molar-refractivity contribution in [3.8, 4) is 0 Å². The standard InChI is InChI=1S/C25H32BrF2N3O/c1-17(13-18(2)21(26)9-10-29(3)4)16-31-11-7-19(8-12-31)24-22(27)14-20(15-23(24)28)25(32)30(5)6/h7,9,13-15H,2,8,10-12,16H2,1,3-6H3/b17-13+,21-9+. The smallest absolute Gasteiger partial charge is 0.253 e. The lowest BCUT2D eigenvalue weighted by atomic mass is 9.96. The maximum Gasteiger partial charge on any atom is 0.253 e. The van der Waals surface area contributed by atoms with Crippen molar-refractivity contribution in [1.82, 2.24) is 14.7 Å². The zero-order valence-corrected chi connectivity index (χ0v) is 21.1. The number of hydrogen-bond donors (Lipinski definition) is 0. The molecule has 174 valence electrons. The highest BCUT2D eigenvalue weighted by atomic mass is 79.9. The fourth-order valence-corrected chi connectivity index (χ4v) is 3.76. The minimum absolute atomic E-state index is 0.0126. The monoisotopic (exact) mass is 507 g/mol. The van der Waals surface area contributed by atoms with E-state index in [1.165, 1.54) is 4.90 Å². The summed E-state index contributed by atoms with van der Waals surface area (Å²) in [5.41, 5.74) is 2.69. The van der Waals surface area contributed by atoms with Gasteiger partial charge in [0, 0.05) is 55.9 Å². The molecule has 0 aliphatic carbocycles. The highest BCUT2D eigenvalue weighted by Gasteiger charge is 2.21. The normalized spacial score (nSPS) is 15.7. The third-order valence-corrected chi connectivity index (χ3v) is 5.98. The van der Waals surface area contributed by atoms with E-state index < -0.39 is 17.5 Å². The summed E-state index contributed by atoms with van der Waals surface area (Å²) < 4.78 is 30.3. The van der Waals surface area contributed by atoms with Crippen LogP contribution in [-0.2, 0) is 0 Å². The Bertz CT molecular complexity index is 941. The largest absolute Gasteiger partial charge is 0.345 e. The third-order valence-electron chi connectivity index (χ3n) is 5.15. The number of carbonyl (C=O) groups is 1. The van der Waals surface area contributed by atoms with E-state index in [4.69, 9.17) is 0 Å². The van der Waals surface area contributed by atoms with E-state index >= 15 is 0 Å². The maximum absolute atomic E-state index is 14.7. The van der Waals surface area contributed by atoms with Gasteiger partial charge in [-0.2, -0.15) is 0 Å². The van der Waals surface area contributed by atoms with Gasteiger partial charge in [0.25, 0.3) is 5.91 Å². The highest BCUT2D eigenvalue weighted by Crippen LogP contribution is 2.29. The van der Waals surface area contributed by atoms with Crippen LogP contribution in [0.4, 0.5) is 8.78 Å². The molecule has 1 aliphatic rings. The molecule has 0 aromatic heterocycles. The number of benzene rings is 1. The molecule has 0 saturated carbocycles. The van der Waals surface area contributed by atoms with Gasteiger partial charge in [-0.25, -0.2) is 8.78 Å². The van der Waals surface area contributed by atoms with Crippen LogP contribution in [0.3, 0.4) is 0 Å². The molecule has 1 aromatic carbocycles. The van der Waals surface area contributed by atoms with Crippen LogP contribution in [0.1, 0.15) is 29.3 Å². The molecule has 0 spiro atoms. The molecule has 0 fully saturated rings. The molecule has 7 heteroatoms. The van der Waals surface area contributed by atoms with Gasteiger partial charge in [0.2, 0.25) is 0 Å². The lowest BCUT2D eigenvalue weighted by Crippen LogP contribution is -2.30. The number of nitrogens with zero attached hydrogens (tertiary/aromatic N) is 3. The van der Waals surface area contributed by atoms with Crippen LogP contribution in [0, 0.1) is 11.6 Å². The van der Waals surface area contributed by atoms with Gasteiger partial charge < -0.3 is 9.80 Å². The van der Waals surface area contributed by atoms with E-state index in [0.717, 1.165) is 40.9 Å². The molecule has 4 nitrogen and oxygen atoms in total. The van der Waals surface area contributed by atoms with Crippen molar-refractivity contribution in [2.75, 3.05) is 54.4 Å². The molecule has 1 aromatic rings. The molecule has 0 saturated heterocycles. The average Bonchev–Trinajstić information content (AvgIpc) is 2.71. The summed E-state index contributed by atoms with van der Waals surface area (Å²) in [6, 6.07) is 2.24. The first-order valence-corrected chi connectivity index (χ1v) is 11.3. The maximum atomic E-state index is 14.7. The number of amides is 1. The zero-order chi connectivity index (χ0) is 24.0. The molecule has 0 atom stereocenters. The first-order chi connectivity index (χ1) is 15.0. The fourth-order valence-electron chi connectivity index (χ4n) is 3.50. The Kier molecular flexibility index (Phi) is 9.55. The Morgan fingerprint density at radius 1 is 1.22 bits per heavy atom. The van der Waals surface area contributed by atoms with Gasteiger partial charge in [0.05, 0.1) is 0 Å². The first-order valence-electron chi connectivity index (χ1n) is 10.5. The molecule has 2 rings (SSSR count). The van der Waals surface area contributed by atoms with E-state index in [1.54, 1.807) is 14.1 Å². The van der Waals surface area contributed by atoms with Crippen LogP contribution in [0.25, 0.3) is 5.57 Å². The number of rotatable bonds is 8. The predicted octanol–water partition coefficient (Wildman–Crippen LogP) is 5.10. The van der Waals surface area contributed by atoms with E-state index in [1.807, 2.05) is 20.2 Å². The van der Waals surface area contributed by atoms with Crippen LogP contribution in [0.2, 0.25) is 0 Å². The van der Waals surface area contributed by atoms with E-state index in [0.29, 0.717) is 25.1 Å². The summed E-state index contributed by atoms with van der Waals surface area (Å²) in [7, 11) is 7.12. The summed E-state index contributed by atoms with van der Waals surface area (Å²) in [5.74, 6) is -1.82. The van der Waals surface area contributed by atoms with Crippen LogP contribution in [-0.4, -0.2) is 75.0 Å². The second kappa shape index (κ2) is 11.7. The van der Waals surface area contributed by atoms with Gasteiger partial charge in [0.1, 0.15) is 11.6 Å². The first kappa shape index (κ1) is 26.2. The van der Waals surface area contributed by atoms with Crippen molar-refractivity contribution in [2.45, 2.75) is 13.3 Å². The number of allylic oxidation sites excluding steroid dienone is 3. The molecule has 0 radical (unpaired) electrons. The van der Waals surface area contributed by atoms with Gasteiger partial charge in [0.15, 0.2) is 0 Å². The minimum Gasteiger partial charge on any atom is -0.345 e. The van der Waals surface area contributed by atoms with Gasteiger partial charge in [-0.3, -0.25) is 9.69 Å². The van der Waals surface area contributed by atoms with E-state index in [-0.39, 0.29) is 11.1 Å². The molecule has 0 bridgehead atoms. The second-order valence-corrected chi connectivity index (χ2v) is 9.41. The molecule has 1 aliphatic heterocycles. The minimum atomic E-state index is -0.698. The molecule has 32 heavy (non-hydrogen) atoms. The van der Waals surface area contributed by atoms with Crippen molar-refractivity contribution in [3.05, 3.63) is 75.3 Å². The Balaban J connectivity index is 2.06. The summed E-state index contributed by atoms with van der Waals surface area (Å²) in [6.45, 7) is 9.03. The molecule has 0 N–H and O–H groups in total. The molecule has 1 amide bonds. The number of halogens is 3. The van der Waals surface area contributed by atoms with Crippen molar-refractivity contribution in [1.29, 1.82) is 0 Å². The quantitative estimate of drug-likeness (QED) is 0.458. The van der Waals surface area contributed by atoms with Crippen LogP contribution >= 0.6 is 15.9 Å². The Labute approximate surface area is 198 Å². The number of carbonyl (C=O) groups excluding carboxylic acids is 1. The number of likely N-dealkylation sites (N-methyl/N-ethyl adjacent to an activating group) is 1. The van der Waals surface area contributed by atoms with E-state index in [2.05, 4.69) is 51.4 Å². The van der Waals surface area contributed by atoms with Crippen molar-refractivity contribution in [3.63, 3.8) is 0 Å². The molecular weight excluding hydrogens is 476 g/mol. The Morgan fingerprint density at radius 2 is 1.84 bits per heavy atom. The summed E-state index contributed by atoms with van der Waals surface area (Å²) in [4.78, 5) is 17.6. The summed E-state index contributed by atoms with van der Waals surface area (Å²) in [5, 5.41) is 0. The lowest BCUT2D eigenvalue weighted by Gasteiger charge is -2.27. The second-order valence-electron chi connectivity index (χ2n) is 8.56. The third kappa shape index (κ3) is 7.22. The van der Waals surface area contributed by atoms with Crippen LogP contribution in [0.15, 0.2) is 52.6 Å². The van der Waals surface area contributed by atoms with E-state index in [9.17, 15) is 13.6 Å². The topological polar surface area (TPSA) is 26.8 Å². The van der Waals surface area contributed by atoms with Gasteiger partial charge in [-0.1, -0.05) is 46.3 Å².